The average Bonchev–Trinajstić information content (AvgIpc) is 1.43. The first kappa shape index (κ1) is 32.3. The number of benzene rings is 19. The minimum Gasteiger partial charge on any atom is -0.279 e. The zero-order valence-corrected chi connectivity index (χ0v) is 42.2. The molecular weight excluding hydrogens is 991 g/mol. The molecule has 2 aromatic heterocycles. The number of likely N-dealkylation sites (tertiary alicyclic amines) is 1. The summed E-state index contributed by atoms with van der Waals surface area (Å²) in [6, 6.07) is 25.3. The third kappa shape index (κ3) is 1.89. The van der Waals surface area contributed by atoms with Gasteiger partial charge in [-0.05, 0) is 343 Å². The Bertz CT molecular complexity index is 7530. The molecule has 4 aliphatic carbocycles. The first-order valence-electron chi connectivity index (χ1n) is 30.3. The summed E-state index contributed by atoms with van der Waals surface area (Å²) in [5.41, 5.74) is 9.30. The summed E-state index contributed by atoms with van der Waals surface area (Å²) in [7, 11) is 0. The van der Waals surface area contributed by atoms with Gasteiger partial charge in [-0.15, -0.1) is 0 Å². The van der Waals surface area contributed by atoms with Crippen molar-refractivity contribution in [3.63, 3.8) is 0 Å². The molecule has 0 unspecified atom stereocenters. The van der Waals surface area contributed by atoms with E-state index in [2.05, 4.69) is 84.0 Å². The van der Waals surface area contributed by atoms with Crippen LogP contribution in [-0.4, -0.2) is 14.9 Å². The maximum Gasteiger partial charge on any atom is 0.0682 e. The molecule has 1 fully saturated rings. The van der Waals surface area contributed by atoms with E-state index in [0.29, 0.717) is 0 Å². The van der Waals surface area contributed by atoms with E-state index in [1.807, 2.05) is 0 Å². The van der Waals surface area contributed by atoms with Crippen LogP contribution in [0.25, 0.3) is 291 Å². The highest BCUT2D eigenvalue weighted by atomic mass is 15.3. The van der Waals surface area contributed by atoms with Crippen LogP contribution in [-0.2, 0) is 17.4 Å². The summed E-state index contributed by atoms with van der Waals surface area (Å²) in [6.07, 6.45) is 4.28. The van der Waals surface area contributed by atoms with E-state index in [1.165, 1.54) is 17.0 Å². The SMILES string of the molecule is c1ccc(CN2[C@@H](c3ccccn3)C34c5c6c7c8c9c%10c(c%11c%12c3c3c5c5c%13c6c6c7c7c9c9c%14c%10c%10c%11c%11c%12c%12c3c3c5c5c%13c%13c6c6c7c9c7c9c%14c%10c%10c%11c%11c%12c3c3c5c5c%13c6c7c6c9c%10c%11c3c56)C84[C@@H]2c2ccccn2)cc1. The van der Waals surface area contributed by atoms with Crippen LogP contribution >= 0.6 is 0 Å². The Morgan fingerprint density at radius 2 is 0.427 bits per heavy atom. The molecule has 0 saturated carbocycles. The number of hydrogen-bond donors (Lipinski definition) is 0. The maximum absolute atomic E-state index is 5.82. The third-order valence-corrected chi connectivity index (χ3v) is 28.1. The highest BCUT2D eigenvalue weighted by molar-refractivity contribution is 6.82. The van der Waals surface area contributed by atoms with Crippen LogP contribution in [0.5, 0.6) is 0 Å². The van der Waals surface area contributed by atoms with Crippen LogP contribution < -0.4 is 0 Å². The smallest absolute Gasteiger partial charge is 0.0682 e. The lowest BCUT2D eigenvalue weighted by Gasteiger charge is -2.53. The molecule has 1 aliphatic heterocycles. The minimum atomic E-state index is -0.580. The lowest BCUT2D eigenvalue weighted by molar-refractivity contribution is 0.159. The van der Waals surface area contributed by atoms with E-state index in [4.69, 9.17) is 9.97 Å². The number of pyridine rings is 2. The van der Waals surface area contributed by atoms with Crippen molar-refractivity contribution in [2.45, 2.75) is 29.5 Å². The van der Waals surface area contributed by atoms with E-state index in [1.54, 1.807) is 313 Å². The largest absolute Gasteiger partial charge is 0.279 e. The van der Waals surface area contributed by atoms with Crippen molar-refractivity contribution in [1.29, 1.82) is 0 Å². The Hall–Kier alpha value is -10.1. The molecule has 2 atom stereocenters. The summed E-state index contributed by atoms with van der Waals surface area (Å²) >= 11 is 0. The highest BCUT2D eigenvalue weighted by Crippen LogP contribution is 2.89. The predicted molar refractivity (Wildman–Crippen MR) is 340 cm³/mol. The Morgan fingerprint density at radius 1 is 0.232 bits per heavy atom. The molecule has 3 nitrogen and oxygen atoms in total. The van der Waals surface area contributed by atoms with Crippen molar-refractivity contribution in [2.75, 3.05) is 0 Å². The van der Waals surface area contributed by atoms with Crippen LogP contribution in [0.15, 0.2) is 79.1 Å². The van der Waals surface area contributed by atoms with Gasteiger partial charge in [0.05, 0.1) is 34.3 Å². The molecular formula is C79H17N3. The quantitative estimate of drug-likeness (QED) is 0.165. The molecule has 0 radical (unpaired) electrons. The fourth-order valence-electron chi connectivity index (χ4n) is 27.8. The Morgan fingerprint density at radius 3 is 0.622 bits per heavy atom. The summed E-state index contributed by atoms with van der Waals surface area (Å²) in [5, 5.41) is 88.0. The molecule has 0 N–H and O–H groups in total. The van der Waals surface area contributed by atoms with Gasteiger partial charge < -0.3 is 0 Å². The van der Waals surface area contributed by atoms with Crippen molar-refractivity contribution in [1.82, 2.24) is 14.9 Å². The van der Waals surface area contributed by atoms with Gasteiger partial charge in [-0.25, -0.2) is 0 Å². The van der Waals surface area contributed by atoms with Crippen LogP contribution in [0.4, 0.5) is 0 Å². The summed E-state index contributed by atoms with van der Waals surface area (Å²) in [4.78, 5) is 14.7. The first-order valence-corrected chi connectivity index (χ1v) is 30.3. The van der Waals surface area contributed by atoms with Gasteiger partial charge in [-0.1, -0.05) is 42.5 Å². The summed E-state index contributed by atoms with van der Waals surface area (Å²) in [6.45, 7) is 0.787. The second-order valence-corrected chi connectivity index (χ2v) is 28.8. The van der Waals surface area contributed by atoms with Crippen molar-refractivity contribution < 1.29 is 0 Å². The zero-order chi connectivity index (χ0) is 49.3. The summed E-state index contributed by atoms with van der Waals surface area (Å²) in [5.74, 6) is 0. The molecule has 2 spiro atoms. The topological polar surface area (TPSA) is 29.0 Å². The van der Waals surface area contributed by atoms with Gasteiger partial charge in [0.25, 0.3) is 0 Å². The molecule has 3 heteroatoms. The Kier molecular flexibility index (Phi) is 3.10. The van der Waals surface area contributed by atoms with E-state index in [0.717, 1.165) is 6.54 Å². The van der Waals surface area contributed by atoms with Gasteiger partial charge in [-0.3, -0.25) is 14.9 Å². The normalized spacial score (nSPS) is 23.0. The van der Waals surface area contributed by atoms with Gasteiger partial charge in [0.15, 0.2) is 0 Å². The van der Waals surface area contributed by atoms with Crippen LogP contribution in [0.1, 0.15) is 51.3 Å². The fraction of sp³-hybridized carbons (Fsp3) is 0.0633. The molecule has 82 heavy (non-hydrogen) atoms. The van der Waals surface area contributed by atoms with Gasteiger partial charge >= 0.3 is 0 Å². The lowest BCUT2D eigenvalue weighted by atomic mass is 9.46. The van der Waals surface area contributed by atoms with Crippen molar-refractivity contribution in [3.05, 3.63) is 118 Å². The molecule has 0 amide bonds. The molecule has 36 rings (SSSR count). The lowest BCUT2D eigenvalue weighted by Crippen LogP contribution is -2.52. The third-order valence-electron chi connectivity index (χ3n) is 28.1. The van der Waals surface area contributed by atoms with Gasteiger partial charge in [0, 0.05) is 18.9 Å². The van der Waals surface area contributed by atoms with Crippen LogP contribution in [0.3, 0.4) is 0 Å². The van der Waals surface area contributed by atoms with Crippen molar-refractivity contribution in [3.8, 4) is 0 Å². The van der Waals surface area contributed by atoms with Crippen molar-refractivity contribution in [2.24, 2.45) is 0 Å². The number of aromatic nitrogens is 2. The van der Waals surface area contributed by atoms with Gasteiger partial charge in [0.2, 0.25) is 0 Å². The predicted octanol–water partition coefficient (Wildman–Crippen LogP) is 20.1. The highest BCUT2D eigenvalue weighted by Gasteiger charge is 2.80. The van der Waals surface area contributed by atoms with E-state index < -0.39 is 10.8 Å². The summed E-state index contributed by atoms with van der Waals surface area (Å²) < 4.78 is 0. The fourth-order valence-corrected chi connectivity index (χ4v) is 27.8. The average molecular weight is 1010 g/mol. The van der Waals surface area contributed by atoms with Gasteiger partial charge in [0.1, 0.15) is 0 Å². The molecule has 5 aliphatic rings. The molecule has 348 valence electrons. The second-order valence-electron chi connectivity index (χ2n) is 28.8. The molecule has 3 heterocycles. The Balaban J connectivity index is 1.05. The number of nitrogens with zero attached hydrogens (tertiary/aromatic N) is 3. The molecule has 0 bridgehead atoms. The monoisotopic (exact) mass is 1010 g/mol. The number of rotatable bonds is 4. The van der Waals surface area contributed by atoms with E-state index in [-0.39, 0.29) is 12.1 Å². The molecule has 1 saturated heterocycles. The van der Waals surface area contributed by atoms with E-state index in [9.17, 15) is 0 Å². The minimum absolute atomic E-state index is 0.128. The van der Waals surface area contributed by atoms with E-state index >= 15 is 0 Å². The van der Waals surface area contributed by atoms with Crippen molar-refractivity contribution >= 4 is 291 Å². The first-order chi connectivity index (χ1) is 40.9. The Labute approximate surface area is 450 Å². The molecule has 31 aromatic rings. The standard InChI is InChI=1S/C79H17N3/c1-2-8-15(9-3-1)14-82-76(16-10-4-6-12-80-16)78-72-64-56-46-36-28-20-18-19-22-26-24(20)32-40-34(26)44-38-30(22)31-23(19)27-25-21(18)29(28)37-43-33(25)41-35(27)45-39(31)49-48(38)58-52(44)62-54(40)60(50(56)42(32)36)68(72)70(62)74-66(58)67-59(49)53(45)63-55(41)61-51(43)57(47(37)46)65(64)73(78)69(61)71(63)75(67)79(74,78)77(82)17-11-5-7-13-81-17/h1-13,76-77H,14H2/t76-,77-,78?,79?/m0/s1. The van der Waals surface area contributed by atoms with Crippen LogP contribution in [0, 0.1) is 0 Å². The van der Waals surface area contributed by atoms with Crippen LogP contribution in [0.2, 0.25) is 0 Å². The molecule has 29 aromatic carbocycles. The zero-order valence-electron chi connectivity index (χ0n) is 42.2. The second kappa shape index (κ2) is 7.87. The number of hydrogen-bond acceptors (Lipinski definition) is 3. The maximum atomic E-state index is 5.82. The van der Waals surface area contributed by atoms with Gasteiger partial charge in [-0.2, -0.15) is 0 Å².